The predicted octanol–water partition coefficient (Wildman–Crippen LogP) is 5.27. The van der Waals surface area contributed by atoms with E-state index in [4.69, 9.17) is 38.5 Å². The summed E-state index contributed by atoms with van der Waals surface area (Å²) >= 11 is 12.1. The van der Waals surface area contributed by atoms with Gasteiger partial charge in [0.15, 0.2) is 0 Å². The molecule has 0 saturated heterocycles. The van der Waals surface area contributed by atoms with E-state index in [1.165, 1.54) is 0 Å². The van der Waals surface area contributed by atoms with E-state index in [2.05, 4.69) is 32.0 Å². The third-order valence-electron chi connectivity index (χ3n) is 5.11. The second kappa shape index (κ2) is 10.3. The lowest BCUT2D eigenvalue weighted by Gasteiger charge is -2.20. The van der Waals surface area contributed by atoms with Crippen molar-refractivity contribution < 1.29 is 10.3 Å². The lowest BCUT2D eigenvalue weighted by Crippen LogP contribution is -2.11. The van der Waals surface area contributed by atoms with Gasteiger partial charge in [0.25, 0.3) is 5.09 Å². The Hall–Kier alpha value is -3.95. The number of hydrogen-bond acceptors (Lipinski definition) is 5. The molecule has 3 aromatic carbocycles. The van der Waals surface area contributed by atoms with Gasteiger partial charge in [0.05, 0.1) is 24.4 Å². The van der Waals surface area contributed by atoms with Gasteiger partial charge in [-0.15, -0.1) is 15.2 Å². The smallest absolute Gasteiger partial charge is 0.291 e. The maximum atomic E-state index is 8.36. The van der Waals surface area contributed by atoms with Crippen LogP contribution in [0.1, 0.15) is 22.7 Å². The molecule has 0 amide bonds. The van der Waals surface area contributed by atoms with Crippen LogP contribution in [0.2, 0.25) is 10.0 Å². The monoisotopic (exact) mass is 496 g/mol. The zero-order chi connectivity index (χ0) is 24.1. The molecule has 0 radical (unpaired) electrons. The van der Waals surface area contributed by atoms with Crippen molar-refractivity contribution in [2.75, 3.05) is 0 Å². The van der Waals surface area contributed by atoms with Gasteiger partial charge in [-0.3, -0.25) is 0 Å². The van der Waals surface area contributed by atoms with Gasteiger partial charge < -0.3 is 9.77 Å². The van der Waals surface area contributed by atoms with Crippen LogP contribution >= 0.6 is 23.2 Å². The summed E-state index contributed by atoms with van der Waals surface area (Å²) in [6, 6.07) is 21.9. The average Bonchev–Trinajstić information content (AvgIpc) is 3.47. The quantitative estimate of drug-likeness (QED) is 0.262. The van der Waals surface area contributed by atoms with Crippen LogP contribution in [0.5, 0.6) is 0 Å². The molecule has 0 aliphatic heterocycles. The first-order valence-electron chi connectivity index (χ1n) is 10.0. The number of halogens is 2. The molecule has 5 aromatic rings. The van der Waals surface area contributed by atoms with Crippen molar-refractivity contribution in [3.8, 4) is 0 Å². The van der Waals surface area contributed by atoms with Crippen molar-refractivity contribution in [2.24, 2.45) is 0 Å². The molecule has 0 spiro atoms. The molecule has 2 heterocycles. The van der Waals surface area contributed by atoms with Crippen molar-refractivity contribution in [1.82, 2.24) is 24.5 Å². The summed E-state index contributed by atoms with van der Waals surface area (Å²) in [5, 5.41) is 23.8. The Morgan fingerprint density at radius 3 is 2.21 bits per heavy atom. The van der Waals surface area contributed by atoms with E-state index >= 15 is 0 Å². The molecule has 0 bridgehead atoms. The van der Waals surface area contributed by atoms with Crippen molar-refractivity contribution in [3.05, 3.63) is 122 Å². The van der Waals surface area contributed by atoms with Crippen LogP contribution in [0.25, 0.3) is 11.0 Å². The number of fused-ring (bicyclic) bond motifs is 1. The van der Waals surface area contributed by atoms with E-state index < -0.39 is 5.09 Å². The lowest BCUT2D eigenvalue weighted by atomic mass is 9.98. The van der Waals surface area contributed by atoms with Crippen LogP contribution in [0.4, 0.5) is 0 Å². The lowest BCUT2D eigenvalue weighted by molar-refractivity contribution is -0.742. The zero-order valence-corrected chi connectivity index (χ0v) is 19.1. The van der Waals surface area contributed by atoms with Gasteiger partial charge >= 0.3 is 0 Å². The summed E-state index contributed by atoms with van der Waals surface area (Å²) in [7, 11) is 0. The molecular weight excluding hydrogens is 479 g/mol. The topological polar surface area (TPSA) is 112 Å². The fourth-order valence-corrected chi connectivity index (χ4v) is 3.89. The Labute approximate surface area is 203 Å². The Morgan fingerprint density at radius 2 is 1.59 bits per heavy atom. The third kappa shape index (κ3) is 5.51. The minimum Gasteiger partial charge on any atom is -0.328 e. The van der Waals surface area contributed by atoms with Crippen molar-refractivity contribution in [1.29, 1.82) is 0 Å². The second-order valence-electron chi connectivity index (χ2n) is 7.32. The van der Waals surface area contributed by atoms with Crippen LogP contribution in [0.3, 0.4) is 0 Å². The summed E-state index contributed by atoms with van der Waals surface area (Å²) < 4.78 is 3.99. The predicted molar refractivity (Wildman–Crippen MR) is 128 cm³/mol. The Balaban J connectivity index is 0.000000636. The number of nitrogens with zero attached hydrogens (tertiary/aromatic N) is 6. The Bertz CT molecular complexity index is 1380. The Kier molecular flexibility index (Phi) is 7.05. The van der Waals surface area contributed by atoms with Crippen molar-refractivity contribution in [2.45, 2.75) is 12.6 Å². The van der Waals surface area contributed by atoms with E-state index in [0.717, 1.165) is 32.7 Å². The van der Waals surface area contributed by atoms with E-state index in [1.807, 2.05) is 71.8 Å². The highest BCUT2D eigenvalue weighted by Gasteiger charge is 2.18. The van der Waals surface area contributed by atoms with Crippen LogP contribution in [0, 0.1) is 10.1 Å². The molecule has 0 aliphatic carbocycles. The maximum absolute atomic E-state index is 8.36. The van der Waals surface area contributed by atoms with Gasteiger partial charge in [0.1, 0.15) is 5.52 Å². The largest absolute Gasteiger partial charge is 0.328 e. The van der Waals surface area contributed by atoms with Crippen LogP contribution in [-0.2, 0) is 6.54 Å². The molecule has 5 rings (SSSR count). The second-order valence-corrected chi connectivity index (χ2v) is 8.20. The highest BCUT2D eigenvalue weighted by atomic mass is 35.5. The molecule has 34 heavy (non-hydrogen) atoms. The average molecular weight is 497 g/mol. The SMILES string of the molecule is Clc1ccc(Cn2nnc3ccc(C(c4ccc(Cl)cc4)n4ccnc4)cc32)cc1.O=[N+]([O-])O. The first-order chi connectivity index (χ1) is 16.4. The number of imidazole rings is 1. The van der Waals surface area contributed by atoms with E-state index in [9.17, 15) is 0 Å². The van der Waals surface area contributed by atoms with Crippen LogP contribution < -0.4 is 0 Å². The first-order valence-corrected chi connectivity index (χ1v) is 10.8. The minimum atomic E-state index is -1.50. The highest BCUT2D eigenvalue weighted by molar-refractivity contribution is 6.30. The maximum Gasteiger partial charge on any atom is 0.291 e. The van der Waals surface area contributed by atoms with Crippen LogP contribution in [0.15, 0.2) is 85.5 Å². The number of aromatic nitrogens is 5. The van der Waals surface area contributed by atoms with E-state index in [-0.39, 0.29) is 6.04 Å². The van der Waals surface area contributed by atoms with Crippen molar-refractivity contribution in [3.63, 3.8) is 0 Å². The third-order valence-corrected chi connectivity index (χ3v) is 5.61. The first kappa shape index (κ1) is 23.2. The molecule has 11 heteroatoms. The molecule has 172 valence electrons. The van der Waals surface area contributed by atoms with Crippen LogP contribution in [-0.4, -0.2) is 34.8 Å². The van der Waals surface area contributed by atoms with E-state index in [0.29, 0.717) is 11.6 Å². The molecular formula is C23H18Cl2N6O3. The fraction of sp³-hybridized carbons (Fsp3) is 0.0870. The molecule has 1 unspecified atom stereocenters. The summed E-state index contributed by atoms with van der Waals surface area (Å²) in [5.41, 5.74) is 5.17. The summed E-state index contributed by atoms with van der Waals surface area (Å²) in [5.74, 6) is 0. The fourth-order valence-electron chi connectivity index (χ4n) is 3.64. The van der Waals surface area contributed by atoms with Gasteiger partial charge in [-0.25, -0.2) is 9.67 Å². The Morgan fingerprint density at radius 1 is 0.971 bits per heavy atom. The van der Waals surface area contributed by atoms with Gasteiger partial charge in [0.2, 0.25) is 0 Å². The molecule has 0 saturated carbocycles. The van der Waals surface area contributed by atoms with Gasteiger partial charge in [-0.05, 0) is 53.1 Å². The summed E-state index contributed by atoms with van der Waals surface area (Å²) in [6.07, 6.45) is 5.58. The number of hydrogen-bond donors (Lipinski definition) is 1. The van der Waals surface area contributed by atoms with Gasteiger partial charge in [-0.2, -0.15) is 0 Å². The zero-order valence-electron chi connectivity index (χ0n) is 17.6. The van der Waals surface area contributed by atoms with E-state index in [1.54, 1.807) is 6.20 Å². The number of rotatable bonds is 5. The number of benzene rings is 3. The molecule has 1 N–H and O–H groups in total. The molecule has 0 aliphatic rings. The highest BCUT2D eigenvalue weighted by Crippen LogP contribution is 2.29. The van der Waals surface area contributed by atoms with Gasteiger partial charge in [-0.1, -0.05) is 58.7 Å². The minimum absolute atomic E-state index is 0.0342. The summed E-state index contributed by atoms with van der Waals surface area (Å²) in [4.78, 5) is 12.6. The normalized spacial score (nSPS) is 11.6. The van der Waals surface area contributed by atoms with Gasteiger partial charge in [0, 0.05) is 22.4 Å². The van der Waals surface area contributed by atoms with Crippen molar-refractivity contribution >= 4 is 34.2 Å². The molecule has 0 fully saturated rings. The molecule has 9 nitrogen and oxygen atoms in total. The molecule has 1 atom stereocenters. The standard InChI is InChI=1S/C23H17Cl2N5.HNO3/c24-19-6-1-16(2-7-19)14-30-22-13-18(5-10-21(22)27-28-30)23(29-12-11-26-15-29)17-3-8-20(25)9-4-17;2-1(3)4/h1-13,15,23H,14H2;(H,2,3,4). The summed E-state index contributed by atoms with van der Waals surface area (Å²) in [6.45, 7) is 0.619. The molecule has 2 aromatic heterocycles.